The SMILES string of the molecule is Cc1cncc(NC2CC(C)(C)OC2(C)C)c1. The van der Waals surface area contributed by atoms with Crippen LogP contribution in [0.2, 0.25) is 0 Å². The highest BCUT2D eigenvalue weighted by Crippen LogP contribution is 2.38. The maximum absolute atomic E-state index is 6.07. The molecular formula is C14H22N2O. The van der Waals surface area contributed by atoms with Crippen LogP contribution in [-0.4, -0.2) is 22.2 Å². The first-order valence-electron chi connectivity index (χ1n) is 6.17. The average Bonchev–Trinajstić information content (AvgIpc) is 2.34. The Morgan fingerprint density at radius 2 is 2.00 bits per heavy atom. The van der Waals surface area contributed by atoms with Gasteiger partial charge in [0.15, 0.2) is 0 Å². The Morgan fingerprint density at radius 1 is 1.29 bits per heavy atom. The molecule has 17 heavy (non-hydrogen) atoms. The molecular weight excluding hydrogens is 212 g/mol. The minimum absolute atomic E-state index is 0.0571. The van der Waals surface area contributed by atoms with Crippen LogP contribution in [0.1, 0.15) is 39.7 Å². The standard InChI is InChI=1S/C14H22N2O/c1-10-6-11(9-15-8-10)16-12-7-13(2,3)17-14(12,4)5/h6,8-9,12,16H,7H2,1-5H3. The van der Waals surface area contributed by atoms with Crippen molar-refractivity contribution in [3.05, 3.63) is 24.0 Å². The molecule has 3 heteroatoms. The van der Waals surface area contributed by atoms with E-state index >= 15 is 0 Å². The second-order valence-electron chi connectivity index (χ2n) is 6.12. The van der Waals surface area contributed by atoms with Gasteiger partial charge in [-0.05, 0) is 52.7 Å². The Balaban J connectivity index is 2.14. The Labute approximate surface area is 104 Å². The van der Waals surface area contributed by atoms with E-state index in [-0.39, 0.29) is 11.2 Å². The summed E-state index contributed by atoms with van der Waals surface area (Å²) in [5.41, 5.74) is 2.04. The van der Waals surface area contributed by atoms with Gasteiger partial charge >= 0.3 is 0 Å². The summed E-state index contributed by atoms with van der Waals surface area (Å²) in [6.07, 6.45) is 4.74. The zero-order valence-electron chi connectivity index (χ0n) is 11.4. The third-order valence-electron chi connectivity index (χ3n) is 3.29. The van der Waals surface area contributed by atoms with Crippen molar-refractivity contribution in [3.8, 4) is 0 Å². The second-order valence-corrected chi connectivity index (χ2v) is 6.12. The lowest BCUT2D eigenvalue weighted by Gasteiger charge is -2.28. The van der Waals surface area contributed by atoms with Crippen LogP contribution in [0.25, 0.3) is 0 Å². The van der Waals surface area contributed by atoms with Crippen LogP contribution in [-0.2, 0) is 4.74 Å². The molecule has 1 saturated heterocycles. The molecule has 0 radical (unpaired) electrons. The van der Waals surface area contributed by atoms with Crippen molar-refractivity contribution >= 4 is 5.69 Å². The first kappa shape index (κ1) is 12.4. The highest BCUT2D eigenvalue weighted by Gasteiger charge is 2.45. The number of nitrogens with zero attached hydrogens (tertiary/aromatic N) is 1. The molecule has 1 N–H and O–H groups in total. The third kappa shape index (κ3) is 2.78. The Hall–Kier alpha value is -1.09. The van der Waals surface area contributed by atoms with Gasteiger partial charge in [0.2, 0.25) is 0 Å². The molecule has 0 spiro atoms. The summed E-state index contributed by atoms with van der Waals surface area (Å²) in [6.45, 7) is 10.6. The molecule has 1 atom stereocenters. The van der Waals surface area contributed by atoms with Gasteiger partial charge in [-0.15, -0.1) is 0 Å². The summed E-state index contributed by atoms with van der Waals surface area (Å²) < 4.78 is 6.07. The molecule has 0 saturated carbocycles. The number of hydrogen-bond acceptors (Lipinski definition) is 3. The molecule has 1 aliphatic rings. The number of anilines is 1. The minimum atomic E-state index is -0.146. The summed E-state index contributed by atoms with van der Waals surface area (Å²) in [7, 11) is 0. The molecule has 1 unspecified atom stereocenters. The quantitative estimate of drug-likeness (QED) is 0.853. The molecule has 0 aliphatic carbocycles. The zero-order valence-corrected chi connectivity index (χ0v) is 11.4. The van der Waals surface area contributed by atoms with Crippen LogP contribution in [0.5, 0.6) is 0 Å². The maximum Gasteiger partial charge on any atom is 0.0834 e. The van der Waals surface area contributed by atoms with E-state index in [1.165, 1.54) is 5.56 Å². The van der Waals surface area contributed by atoms with Gasteiger partial charge in [0.25, 0.3) is 0 Å². The van der Waals surface area contributed by atoms with E-state index in [0.717, 1.165) is 12.1 Å². The summed E-state index contributed by atoms with van der Waals surface area (Å²) in [5.74, 6) is 0. The predicted octanol–water partition coefficient (Wildman–Crippen LogP) is 3.15. The van der Waals surface area contributed by atoms with Gasteiger partial charge in [-0.25, -0.2) is 0 Å². The number of nitrogens with one attached hydrogen (secondary N) is 1. The summed E-state index contributed by atoms with van der Waals surface area (Å²) in [4.78, 5) is 4.21. The van der Waals surface area contributed by atoms with Crippen LogP contribution in [0.15, 0.2) is 18.5 Å². The molecule has 0 amide bonds. The Bertz CT molecular complexity index is 412. The molecule has 1 aliphatic heterocycles. The summed E-state index contributed by atoms with van der Waals surface area (Å²) in [6, 6.07) is 2.44. The topological polar surface area (TPSA) is 34.2 Å². The van der Waals surface area contributed by atoms with E-state index < -0.39 is 0 Å². The number of pyridine rings is 1. The fraction of sp³-hybridized carbons (Fsp3) is 0.643. The first-order valence-corrected chi connectivity index (χ1v) is 6.17. The number of aromatic nitrogens is 1. The van der Waals surface area contributed by atoms with E-state index in [2.05, 4.69) is 51.0 Å². The zero-order chi connectivity index (χ0) is 12.7. The second kappa shape index (κ2) is 3.98. The third-order valence-corrected chi connectivity index (χ3v) is 3.29. The van der Waals surface area contributed by atoms with Crippen LogP contribution < -0.4 is 5.32 Å². The monoisotopic (exact) mass is 234 g/mol. The van der Waals surface area contributed by atoms with Gasteiger partial charge < -0.3 is 10.1 Å². The number of aryl methyl sites for hydroxylation is 1. The van der Waals surface area contributed by atoms with Gasteiger partial charge in [0.1, 0.15) is 0 Å². The number of hydrogen-bond donors (Lipinski definition) is 1. The van der Waals surface area contributed by atoms with Gasteiger partial charge in [-0.1, -0.05) is 0 Å². The number of ether oxygens (including phenoxy) is 1. The van der Waals surface area contributed by atoms with Gasteiger partial charge in [0, 0.05) is 12.4 Å². The lowest BCUT2D eigenvalue weighted by molar-refractivity contribution is -0.0662. The van der Waals surface area contributed by atoms with Crippen molar-refractivity contribution in [2.24, 2.45) is 0 Å². The van der Waals surface area contributed by atoms with Crippen molar-refractivity contribution in [2.45, 2.75) is 58.3 Å². The summed E-state index contributed by atoms with van der Waals surface area (Å²) in [5, 5.41) is 3.54. The Kier molecular flexibility index (Phi) is 2.90. The molecule has 1 aromatic heterocycles. The van der Waals surface area contributed by atoms with Crippen LogP contribution in [0, 0.1) is 6.92 Å². The molecule has 1 aromatic rings. The van der Waals surface area contributed by atoms with E-state index in [0.29, 0.717) is 6.04 Å². The van der Waals surface area contributed by atoms with E-state index in [1.54, 1.807) is 0 Å². The first-order chi connectivity index (χ1) is 7.78. The lowest BCUT2D eigenvalue weighted by Crippen LogP contribution is -2.38. The molecule has 94 valence electrons. The highest BCUT2D eigenvalue weighted by atomic mass is 16.5. The minimum Gasteiger partial charge on any atom is -0.378 e. The van der Waals surface area contributed by atoms with Crippen molar-refractivity contribution in [1.82, 2.24) is 4.98 Å². The highest BCUT2D eigenvalue weighted by molar-refractivity contribution is 5.44. The molecule has 0 aromatic carbocycles. The summed E-state index contributed by atoms with van der Waals surface area (Å²) >= 11 is 0. The fourth-order valence-electron chi connectivity index (χ4n) is 2.62. The van der Waals surface area contributed by atoms with E-state index in [1.807, 2.05) is 12.4 Å². The molecule has 1 fully saturated rings. The van der Waals surface area contributed by atoms with Gasteiger partial charge in [-0.3, -0.25) is 4.98 Å². The molecule has 3 nitrogen and oxygen atoms in total. The van der Waals surface area contributed by atoms with Crippen molar-refractivity contribution in [2.75, 3.05) is 5.32 Å². The Morgan fingerprint density at radius 3 is 2.53 bits per heavy atom. The number of rotatable bonds is 2. The van der Waals surface area contributed by atoms with Crippen LogP contribution >= 0.6 is 0 Å². The fourth-order valence-corrected chi connectivity index (χ4v) is 2.62. The molecule has 2 rings (SSSR count). The van der Waals surface area contributed by atoms with E-state index in [4.69, 9.17) is 4.74 Å². The van der Waals surface area contributed by atoms with Crippen molar-refractivity contribution < 1.29 is 4.74 Å². The van der Waals surface area contributed by atoms with Gasteiger partial charge in [0.05, 0.1) is 22.9 Å². The molecule has 2 heterocycles. The normalized spacial score (nSPS) is 25.8. The van der Waals surface area contributed by atoms with Crippen LogP contribution in [0.3, 0.4) is 0 Å². The van der Waals surface area contributed by atoms with Crippen LogP contribution in [0.4, 0.5) is 5.69 Å². The predicted molar refractivity (Wildman–Crippen MR) is 70.2 cm³/mol. The molecule has 0 bridgehead atoms. The van der Waals surface area contributed by atoms with Crippen molar-refractivity contribution in [1.29, 1.82) is 0 Å². The van der Waals surface area contributed by atoms with Crippen molar-refractivity contribution in [3.63, 3.8) is 0 Å². The lowest BCUT2D eigenvalue weighted by atomic mass is 9.94. The average molecular weight is 234 g/mol. The van der Waals surface area contributed by atoms with E-state index in [9.17, 15) is 0 Å². The smallest absolute Gasteiger partial charge is 0.0834 e. The largest absolute Gasteiger partial charge is 0.378 e. The maximum atomic E-state index is 6.07. The van der Waals surface area contributed by atoms with Gasteiger partial charge in [-0.2, -0.15) is 0 Å².